The molecule has 13 heteroatoms. The van der Waals surface area contributed by atoms with Crippen LogP contribution in [0.15, 0.2) is 66.9 Å². The molecule has 61 heavy (non-hydrogen) atoms. The average molecular weight is 832 g/mol. The smallest absolute Gasteiger partial charge is 0.407 e. The van der Waals surface area contributed by atoms with Crippen LogP contribution in [0.25, 0.3) is 33.5 Å². The van der Waals surface area contributed by atoms with Crippen LogP contribution in [0.2, 0.25) is 0 Å². The van der Waals surface area contributed by atoms with E-state index in [4.69, 9.17) is 14.5 Å². The van der Waals surface area contributed by atoms with Crippen LogP contribution in [0.1, 0.15) is 78.2 Å². The van der Waals surface area contributed by atoms with Gasteiger partial charge in [-0.2, -0.15) is 0 Å². The zero-order chi connectivity index (χ0) is 43.7. The molecule has 7 rings (SSSR count). The number of likely N-dealkylation sites (tertiary alicyclic amines) is 2. The lowest BCUT2D eigenvalue weighted by Gasteiger charge is -2.33. The first-order valence-corrected chi connectivity index (χ1v) is 21.6. The third kappa shape index (κ3) is 9.11. The van der Waals surface area contributed by atoms with Crippen molar-refractivity contribution in [3.8, 4) is 33.5 Å². The number of aromatic amines is 1. The normalized spacial score (nSPS) is 21.8. The van der Waals surface area contributed by atoms with Gasteiger partial charge in [-0.15, -0.1) is 0 Å². The number of alkyl carbamates (subject to hydrolysis) is 1. The monoisotopic (exact) mass is 831 g/mol. The van der Waals surface area contributed by atoms with Gasteiger partial charge in [-0.05, 0) is 89.0 Å². The quantitative estimate of drug-likeness (QED) is 0.103. The summed E-state index contributed by atoms with van der Waals surface area (Å²) in [6.45, 7) is 15.5. The average Bonchev–Trinajstić information content (AvgIpc) is 4.07. The van der Waals surface area contributed by atoms with Crippen molar-refractivity contribution in [2.45, 2.75) is 92.0 Å². The lowest BCUT2D eigenvalue weighted by atomic mass is 9.91. The highest BCUT2D eigenvalue weighted by Gasteiger charge is 2.44. The Kier molecular flexibility index (Phi) is 12.8. The molecule has 3 aliphatic rings. The number of esters is 1. The van der Waals surface area contributed by atoms with Crippen molar-refractivity contribution in [1.29, 1.82) is 0 Å². The van der Waals surface area contributed by atoms with E-state index in [0.29, 0.717) is 24.9 Å². The third-order valence-electron chi connectivity index (χ3n) is 12.7. The molecule has 3 amide bonds. The summed E-state index contributed by atoms with van der Waals surface area (Å²) < 4.78 is 9.72. The van der Waals surface area contributed by atoms with Gasteiger partial charge in [-0.3, -0.25) is 14.4 Å². The molecule has 4 heterocycles. The Morgan fingerprint density at radius 3 is 1.98 bits per heavy atom. The highest BCUT2D eigenvalue weighted by Crippen LogP contribution is 2.41. The summed E-state index contributed by atoms with van der Waals surface area (Å²) in [5.41, 5.74) is 9.41. The van der Waals surface area contributed by atoms with E-state index < -0.39 is 18.1 Å². The second kappa shape index (κ2) is 18.0. The van der Waals surface area contributed by atoms with E-state index in [1.54, 1.807) is 0 Å². The van der Waals surface area contributed by atoms with Crippen molar-refractivity contribution in [3.63, 3.8) is 0 Å². The fourth-order valence-corrected chi connectivity index (χ4v) is 9.33. The van der Waals surface area contributed by atoms with Crippen molar-refractivity contribution in [1.82, 2.24) is 25.1 Å². The van der Waals surface area contributed by atoms with Crippen LogP contribution >= 0.6 is 0 Å². The van der Waals surface area contributed by atoms with Gasteiger partial charge < -0.3 is 40.2 Å². The van der Waals surface area contributed by atoms with Crippen molar-refractivity contribution in [3.05, 3.63) is 78.2 Å². The number of nitrogens with zero attached hydrogens (tertiary/aromatic N) is 3. The Labute approximate surface area is 359 Å². The van der Waals surface area contributed by atoms with Crippen molar-refractivity contribution < 1.29 is 28.7 Å². The minimum Gasteiger partial charge on any atom is -0.469 e. The number of aryl methyl sites for hydroxylation is 1. The molecular weight excluding hydrogens is 771 g/mol. The molecule has 1 aromatic heterocycles. The summed E-state index contributed by atoms with van der Waals surface area (Å²) in [5, 5.41) is 10.1. The molecule has 2 fully saturated rings. The van der Waals surface area contributed by atoms with Gasteiger partial charge in [0.2, 0.25) is 11.8 Å². The van der Waals surface area contributed by atoms with Gasteiger partial charge in [0.05, 0.1) is 61.9 Å². The highest BCUT2D eigenvalue weighted by atomic mass is 16.5. The van der Waals surface area contributed by atoms with Gasteiger partial charge in [0, 0.05) is 13.1 Å². The summed E-state index contributed by atoms with van der Waals surface area (Å²) in [6.07, 6.45) is 2.76. The summed E-state index contributed by atoms with van der Waals surface area (Å²) in [6, 6.07) is 20.4. The molecule has 2 saturated heterocycles. The molecule has 0 radical (unpaired) electrons. The minimum atomic E-state index is -0.676. The Hall–Kier alpha value is -5.85. The number of carbonyl (C=O) groups excluding carboxylic acids is 4. The maximum atomic E-state index is 13.9. The number of carbonyl (C=O) groups is 4. The number of hydrogen-bond acceptors (Lipinski definition) is 9. The number of hydrogen-bond donors (Lipinski definition) is 4. The largest absolute Gasteiger partial charge is 0.469 e. The van der Waals surface area contributed by atoms with Crippen LogP contribution in [-0.4, -0.2) is 89.2 Å². The van der Waals surface area contributed by atoms with E-state index in [9.17, 15) is 19.2 Å². The highest BCUT2D eigenvalue weighted by molar-refractivity contribution is 5.88. The zero-order valence-corrected chi connectivity index (χ0v) is 36.9. The predicted octanol–water partition coefficient (Wildman–Crippen LogP) is 8.25. The first-order valence-electron chi connectivity index (χ1n) is 21.6. The number of ether oxygens (including phenoxy) is 2. The molecule has 4 aromatic rings. The fourth-order valence-electron chi connectivity index (χ4n) is 9.33. The number of imidazole rings is 1. The Morgan fingerprint density at radius 1 is 0.770 bits per heavy atom. The number of fused-ring (bicyclic) bond motifs is 1. The Bertz CT molecular complexity index is 2240. The number of aromatic nitrogens is 2. The van der Waals surface area contributed by atoms with E-state index in [1.807, 2.05) is 43.7 Å². The number of methoxy groups -OCH3 is 2. The second-order valence-electron chi connectivity index (χ2n) is 18.1. The minimum absolute atomic E-state index is 0.00102. The van der Waals surface area contributed by atoms with Crippen LogP contribution in [0.3, 0.4) is 0 Å². The van der Waals surface area contributed by atoms with Gasteiger partial charge in [0.1, 0.15) is 18.0 Å². The van der Waals surface area contributed by atoms with Gasteiger partial charge >= 0.3 is 12.1 Å². The lowest BCUT2D eigenvalue weighted by Crippen LogP contribution is -2.56. The maximum Gasteiger partial charge on any atom is 0.407 e. The number of benzene rings is 3. The molecule has 0 spiro atoms. The number of amides is 3. The van der Waals surface area contributed by atoms with E-state index >= 15 is 0 Å². The fraction of sp³-hybridized carbons (Fsp3) is 0.479. The third-order valence-corrected chi connectivity index (χ3v) is 12.7. The molecule has 0 bridgehead atoms. The van der Waals surface area contributed by atoms with Crippen molar-refractivity contribution in [2.24, 2.45) is 29.6 Å². The zero-order valence-electron chi connectivity index (χ0n) is 36.9. The van der Waals surface area contributed by atoms with Crippen LogP contribution in [0, 0.1) is 36.5 Å². The van der Waals surface area contributed by atoms with Crippen LogP contribution in [0.4, 0.5) is 16.2 Å². The first-order chi connectivity index (χ1) is 29.1. The molecular formula is C48H61N7O6. The number of anilines is 2. The number of rotatable bonds is 12. The lowest BCUT2D eigenvalue weighted by molar-refractivity contribution is -0.148. The van der Waals surface area contributed by atoms with Gasteiger partial charge in [0.25, 0.3) is 0 Å². The van der Waals surface area contributed by atoms with E-state index in [-0.39, 0.29) is 54.3 Å². The molecule has 1 unspecified atom stereocenters. The number of H-pyrrole nitrogens is 1. The topological polar surface area (TPSA) is 158 Å². The Morgan fingerprint density at radius 2 is 1.38 bits per heavy atom. The van der Waals surface area contributed by atoms with Gasteiger partial charge in [-0.1, -0.05) is 90.1 Å². The van der Waals surface area contributed by atoms with Gasteiger partial charge in [-0.25, -0.2) is 9.78 Å². The number of nitrogens with one attached hydrogen (secondary N) is 4. The van der Waals surface area contributed by atoms with E-state index in [1.165, 1.54) is 14.2 Å². The molecule has 324 valence electrons. The predicted molar refractivity (Wildman–Crippen MR) is 237 cm³/mol. The molecule has 4 N–H and O–H groups in total. The standard InChI is InChI=1S/C48H61N7O6/c1-26(2)36(22-41(56)60-8)46(57)54-24-28(5)18-39(54)44-49-23-38(51-44)34-16-14-32(15-17-34)31-10-12-33(13-11-31)35-20-30(7)43-37(21-35)50-45(52-43)40-19-29(6)25-55(40)47(58)42(27(3)4)53-48(59)61-9/h10-17,20-21,23,26-29,36,39-40,42,45,50,52H,18-19,22,24-25H2,1-9H3,(H,49,51)(H,53,59)/t28-,29-,36-,39-,40?,42-,45-/m0/s1. The molecule has 13 nitrogen and oxygen atoms in total. The molecule has 7 atom stereocenters. The molecule has 3 aliphatic heterocycles. The van der Waals surface area contributed by atoms with E-state index in [0.717, 1.165) is 69.1 Å². The summed E-state index contributed by atoms with van der Waals surface area (Å²) >= 11 is 0. The molecule has 0 saturated carbocycles. The van der Waals surface area contributed by atoms with Crippen LogP contribution in [0.5, 0.6) is 0 Å². The van der Waals surface area contributed by atoms with Crippen molar-refractivity contribution in [2.75, 3.05) is 37.9 Å². The van der Waals surface area contributed by atoms with Crippen LogP contribution < -0.4 is 16.0 Å². The summed E-state index contributed by atoms with van der Waals surface area (Å²) in [7, 11) is 2.67. The maximum absolute atomic E-state index is 13.9. The first kappa shape index (κ1) is 43.2. The van der Waals surface area contributed by atoms with Gasteiger partial charge in [0.15, 0.2) is 0 Å². The molecule has 0 aliphatic carbocycles. The SMILES string of the molecule is COC(=O)C[C@H](C(=O)N1C[C@@H](C)C[C@H]1c1ncc(-c2ccc(-c3ccc(-c4cc(C)c5c(c4)N[C@H](C4C[C@H](C)CN4C(=O)[C@@H](NC(=O)OC)C(C)C)N5)cc3)cc2)[nH]1)C(C)C. The summed E-state index contributed by atoms with van der Waals surface area (Å²) in [4.78, 5) is 64.0. The summed E-state index contributed by atoms with van der Waals surface area (Å²) in [5.74, 6) is 0.342. The van der Waals surface area contributed by atoms with Crippen LogP contribution in [-0.2, 0) is 23.9 Å². The Balaban J connectivity index is 1.02. The van der Waals surface area contributed by atoms with Crippen molar-refractivity contribution >= 4 is 35.3 Å². The molecule has 3 aromatic carbocycles. The second-order valence-corrected chi connectivity index (χ2v) is 18.1. The van der Waals surface area contributed by atoms with E-state index in [2.05, 4.69) is 102 Å².